The molecule has 1 aromatic heterocycles. The first-order valence-electron chi connectivity index (χ1n) is 9.77. The number of unbranched alkanes of at least 4 members (excludes halogenated alkanes) is 2. The molecule has 30 heavy (non-hydrogen) atoms. The van der Waals surface area contributed by atoms with E-state index in [9.17, 15) is 9.59 Å². The summed E-state index contributed by atoms with van der Waals surface area (Å²) in [6.45, 7) is 2.49. The molecule has 2 aromatic rings. The van der Waals surface area contributed by atoms with Crippen LogP contribution in [-0.4, -0.2) is 44.6 Å². The van der Waals surface area contributed by atoms with Gasteiger partial charge in [0.25, 0.3) is 11.8 Å². The van der Waals surface area contributed by atoms with Crippen LogP contribution in [0.1, 0.15) is 31.1 Å². The van der Waals surface area contributed by atoms with Crippen molar-refractivity contribution < 1.29 is 23.8 Å². The zero-order chi connectivity index (χ0) is 21.7. The third kappa shape index (κ3) is 4.14. The Balaban J connectivity index is 2.01. The zero-order valence-corrected chi connectivity index (χ0v) is 18.4. The van der Waals surface area contributed by atoms with Crippen LogP contribution in [0.5, 0.6) is 17.2 Å². The fraction of sp³-hybridized carbons (Fsp3) is 0.364. The number of anilines is 1. The average Bonchev–Trinajstić information content (AvgIpc) is 3.35. The largest absolute Gasteiger partial charge is 0.493 e. The summed E-state index contributed by atoms with van der Waals surface area (Å²) < 4.78 is 16.1. The predicted molar refractivity (Wildman–Crippen MR) is 117 cm³/mol. The lowest BCUT2D eigenvalue weighted by molar-refractivity contribution is -0.136. The third-order valence-electron chi connectivity index (χ3n) is 4.85. The van der Waals surface area contributed by atoms with Crippen molar-refractivity contribution in [3.05, 3.63) is 40.2 Å². The Morgan fingerprint density at radius 2 is 1.70 bits per heavy atom. The van der Waals surface area contributed by atoms with Crippen LogP contribution in [0.15, 0.2) is 35.3 Å². The Bertz CT molecular complexity index is 927. The van der Waals surface area contributed by atoms with Crippen LogP contribution in [0.4, 0.5) is 5.69 Å². The molecule has 1 N–H and O–H groups in total. The van der Waals surface area contributed by atoms with Crippen molar-refractivity contribution in [2.24, 2.45) is 0 Å². The molecule has 1 aliphatic heterocycles. The molecule has 2 amide bonds. The summed E-state index contributed by atoms with van der Waals surface area (Å²) in [4.78, 5) is 28.3. The van der Waals surface area contributed by atoms with E-state index in [1.807, 2.05) is 17.5 Å². The molecule has 160 valence electrons. The predicted octanol–water partition coefficient (Wildman–Crippen LogP) is 4.16. The summed E-state index contributed by atoms with van der Waals surface area (Å²) >= 11 is 1.43. The highest BCUT2D eigenvalue weighted by atomic mass is 32.1. The van der Waals surface area contributed by atoms with Crippen LogP contribution in [0.2, 0.25) is 0 Å². The molecule has 0 radical (unpaired) electrons. The van der Waals surface area contributed by atoms with Crippen molar-refractivity contribution in [3.8, 4) is 17.2 Å². The zero-order valence-electron chi connectivity index (χ0n) is 17.6. The number of ether oxygens (including phenoxy) is 3. The van der Waals surface area contributed by atoms with Crippen molar-refractivity contribution in [2.45, 2.75) is 26.2 Å². The van der Waals surface area contributed by atoms with Gasteiger partial charge in [-0.05, 0) is 17.9 Å². The van der Waals surface area contributed by atoms with Gasteiger partial charge in [-0.15, -0.1) is 11.3 Å². The number of benzene rings is 1. The quantitative estimate of drug-likeness (QED) is 0.451. The number of nitrogens with zero attached hydrogens (tertiary/aromatic N) is 1. The van der Waals surface area contributed by atoms with E-state index in [2.05, 4.69) is 12.2 Å². The van der Waals surface area contributed by atoms with Gasteiger partial charge in [0.2, 0.25) is 5.75 Å². The molecule has 0 fully saturated rings. The standard InChI is InChI=1S/C22H26N2O5S/c1-5-6-7-10-24-21(25)18(17-9-8-11-30-17)19(22(24)26)23-14-12-15(27-2)20(29-4)16(13-14)28-3/h8-9,11-13,23H,5-7,10H2,1-4H3. The number of carbonyl (C=O) groups excluding carboxylic acids is 2. The number of amides is 2. The maximum Gasteiger partial charge on any atom is 0.278 e. The van der Waals surface area contributed by atoms with Gasteiger partial charge in [0.05, 0.1) is 26.9 Å². The molecule has 3 rings (SSSR count). The highest BCUT2D eigenvalue weighted by molar-refractivity contribution is 7.11. The van der Waals surface area contributed by atoms with Crippen molar-refractivity contribution in [1.29, 1.82) is 0 Å². The first-order valence-corrected chi connectivity index (χ1v) is 10.6. The van der Waals surface area contributed by atoms with E-state index in [0.29, 0.717) is 35.1 Å². The van der Waals surface area contributed by atoms with Gasteiger partial charge in [-0.2, -0.15) is 0 Å². The van der Waals surface area contributed by atoms with E-state index in [1.165, 1.54) is 37.6 Å². The molecule has 0 saturated carbocycles. The minimum atomic E-state index is -0.326. The molecule has 0 unspecified atom stereocenters. The van der Waals surface area contributed by atoms with E-state index >= 15 is 0 Å². The van der Waals surface area contributed by atoms with Crippen LogP contribution in [0, 0.1) is 0 Å². The molecule has 2 heterocycles. The van der Waals surface area contributed by atoms with Gasteiger partial charge in [-0.1, -0.05) is 25.8 Å². The molecule has 1 aliphatic rings. The third-order valence-corrected chi connectivity index (χ3v) is 5.74. The molecular weight excluding hydrogens is 404 g/mol. The van der Waals surface area contributed by atoms with E-state index in [0.717, 1.165) is 24.1 Å². The molecule has 7 nitrogen and oxygen atoms in total. The summed E-state index contributed by atoms with van der Waals surface area (Å²) in [5.74, 6) is 0.762. The van der Waals surface area contributed by atoms with E-state index in [1.54, 1.807) is 12.1 Å². The molecule has 0 spiro atoms. The van der Waals surface area contributed by atoms with Gasteiger partial charge in [0.1, 0.15) is 5.70 Å². The van der Waals surface area contributed by atoms with Crippen molar-refractivity contribution in [1.82, 2.24) is 4.90 Å². The van der Waals surface area contributed by atoms with Gasteiger partial charge >= 0.3 is 0 Å². The van der Waals surface area contributed by atoms with Crippen LogP contribution < -0.4 is 19.5 Å². The minimum absolute atomic E-state index is 0.258. The fourth-order valence-corrected chi connectivity index (χ4v) is 4.13. The van der Waals surface area contributed by atoms with Gasteiger partial charge in [0, 0.05) is 29.2 Å². The number of hydrogen-bond donors (Lipinski definition) is 1. The molecule has 0 aliphatic carbocycles. The second-order valence-corrected chi connectivity index (χ2v) is 7.68. The smallest absolute Gasteiger partial charge is 0.278 e. The van der Waals surface area contributed by atoms with Gasteiger partial charge in [-0.25, -0.2) is 0 Å². The van der Waals surface area contributed by atoms with Gasteiger partial charge < -0.3 is 19.5 Å². The highest BCUT2D eigenvalue weighted by Crippen LogP contribution is 2.41. The monoisotopic (exact) mass is 430 g/mol. The maximum atomic E-state index is 13.2. The van der Waals surface area contributed by atoms with Crippen LogP contribution in [0.3, 0.4) is 0 Å². The lowest BCUT2D eigenvalue weighted by atomic mass is 10.1. The summed E-state index contributed by atoms with van der Waals surface area (Å²) in [5, 5.41) is 5.03. The number of rotatable bonds is 10. The van der Waals surface area contributed by atoms with Gasteiger partial charge in [0.15, 0.2) is 11.5 Å². The Morgan fingerprint density at radius 3 is 2.23 bits per heavy atom. The normalized spacial score (nSPS) is 13.8. The fourth-order valence-electron chi connectivity index (χ4n) is 3.36. The van der Waals surface area contributed by atoms with Crippen molar-refractivity contribution in [3.63, 3.8) is 0 Å². The topological polar surface area (TPSA) is 77.1 Å². The molecule has 1 aromatic carbocycles. The number of thiophene rings is 1. The maximum absolute atomic E-state index is 13.2. The van der Waals surface area contributed by atoms with Gasteiger partial charge in [-0.3, -0.25) is 14.5 Å². The Hall–Kier alpha value is -3.00. The minimum Gasteiger partial charge on any atom is -0.493 e. The molecular formula is C22H26N2O5S. The summed E-state index contributed by atoms with van der Waals surface area (Å²) in [5.41, 5.74) is 1.21. The van der Waals surface area contributed by atoms with Crippen molar-refractivity contribution >= 4 is 34.4 Å². The first-order chi connectivity index (χ1) is 14.5. The summed E-state index contributed by atoms with van der Waals surface area (Å²) in [6.07, 6.45) is 2.75. The van der Waals surface area contributed by atoms with Crippen LogP contribution in [-0.2, 0) is 9.59 Å². The van der Waals surface area contributed by atoms with E-state index in [-0.39, 0.29) is 17.5 Å². The highest BCUT2D eigenvalue weighted by Gasteiger charge is 2.39. The summed E-state index contributed by atoms with van der Waals surface area (Å²) in [6, 6.07) is 7.12. The number of carbonyl (C=O) groups is 2. The van der Waals surface area contributed by atoms with E-state index in [4.69, 9.17) is 14.2 Å². The number of nitrogens with one attached hydrogen (secondary N) is 1. The molecule has 0 saturated heterocycles. The molecule has 0 atom stereocenters. The lowest BCUT2D eigenvalue weighted by Gasteiger charge is -2.16. The Kier molecular flexibility index (Phi) is 6.99. The first kappa shape index (κ1) is 21.7. The average molecular weight is 431 g/mol. The second kappa shape index (κ2) is 9.67. The Labute approximate surface area is 180 Å². The number of hydrogen-bond acceptors (Lipinski definition) is 7. The van der Waals surface area contributed by atoms with E-state index < -0.39 is 0 Å². The summed E-state index contributed by atoms with van der Waals surface area (Å²) in [7, 11) is 4.58. The molecule has 0 bridgehead atoms. The number of methoxy groups -OCH3 is 3. The molecule has 8 heteroatoms. The lowest BCUT2D eigenvalue weighted by Crippen LogP contribution is -2.33. The van der Waals surface area contributed by atoms with Crippen LogP contribution in [0.25, 0.3) is 5.57 Å². The Morgan fingerprint density at radius 1 is 1.00 bits per heavy atom. The van der Waals surface area contributed by atoms with Crippen LogP contribution >= 0.6 is 11.3 Å². The second-order valence-electron chi connectivity index (χ2n) is 6.74. The number of imide groups is 1. The SMILES string of the molecule is CCCCCN1C(=O)C(Nc2cc(OC)c(OC)c(OC)c2)=C(c2cccs2)C1=O. The van der Waals surface area contributed by atoms with Crippen molar-refractivity contribution in [2.75, 3.05) is 33.2 Å².